The van der Waals surface area contributed by atoms with Gasteiger partial charge in [0.2, 0.25) is 0 Å². The molecule has 0 aromatic rings. The highest BCUT2D eigenvalue weighted by atomic mass is 32.3. The monoisotopic (exact) mass is 1370 g/mol. The number of esters is 2. The van der Waals surface area contributed by atoms with E-state index in [1.807, 2.05) is 20.8 Å². The number of aliphatic hydroxyl groups is 7. The normalized spacial score (nSPS) is 46.7. The number of methoxy groups -OCH3 is 1. The molecule has 1 spiro atoms. The Morgan fingerprint density at radius 1 is 0.681 bits per heavy atom. The van der Waals surface area contributed by atoms with Crippen LogP contribution in [-0.4, -0.2) is 248 Å². The molecule has 0 amide bonds. The first-order chi connectivity index (χ1) is 42.1. The molecule has 5 saturated heterocycles. The van der Waals surface area contributed by atoms with Crippen LogP contribution >= 0.6 is 0 Å². The number of cyclic esters (lactones) is 1. The van der Waals surface area contributed by atoms with Crippen LogP contribution in [-0.2, 0) is 105 Å². The molecule has 3 saturated carbocycles. The minimum absolute atomic E-state index is 0.00782. The lowest BCUT2D eigenvalue weighted by Crippen LogP contribution is -2.67. The van der Waals surface area contributed by atoms with Crippen LogP contribution in [0.15, 0.2) is 11.6 Å². The Hall–Kier alpha value is -2.35. The highest BCUT2D eigenvalue weighted by Crippen LogP contribution is 2.77. The summed E-state index contributed by atoms with van der Waals surface area (Å²) in [7, 11) is -14.6. The Kier molecular flexibility index (Phi) is 21.5. The lowest BCUT2D eigenvalue weighted by molar-refractivity contribution is -0.389. The smallest absolute Gasteiger partial charge is 0.397 e. The Balaban J connectivity index is 0.925. The van der Waals surface area contributed by atoms with Crippen molar-refractivity contribution < 1.29 is 149 Å². The lowest BCUT2D eigenvalue weighted by atomic mass is 9.41. The maximum atomic E-state index is 14.7. The SMILES string of the molecule is CO[C@@H]1[C@@H](O)[C@H](O[C@@H]2[C@@H](O)[C@H](O[C@H]3[C@H](O)[C@@H](O)[C@H](O[C@H]4[C@H](O[C@H]5CC[C@]6(C)C7CCC89C(=O)OC(C)(CCCC(C)C)C8[C@@H](OC(C)=O)C[C@@]9(C)C7=CCC6C5(C)C)OC[C@@H](OS(=O)(=O)O)[C@@H]4O)O[C@@H]3C)O[C@H](COS(=O)(=O)O)[C@H]2O)O[C@H](COS(=O)(=O)O)[C@H]1O. The predicted octanol–water partition coefficient (Wildman–Crippen LogP) is -0.285. The van der Waals surface area contributed by atoms with Crippen LogP contribution in [0.4, 0.5) is 0 Å². The highest BCUT2D eigenvalue weighted by molar-refractivity contribution is 7.81. The van der Waals surface area contributed by atoms with E-state index in [4.69, 9.17) is 60.8 Å². The van der Waals surface area contributed by atoms with E-state index < -0.39 is 208 Å². The third-order valence-electron chi connectivity index (χ3n) is 21.2. The summed E-state index contributed by atoms with van der Waals surface area (Å²) < 4.78 is 178. The zero-order chi connectivity index (χ0) is 67.3. The van der Waals surface area contributed by atoms with Crippen molar-refractivity contribution >= 4 is 43.1 Å². The molecule has 32 nitrogen and oxygen atoms in total. The topological polar surface area (TPSA) is 468 Å². The third kappa shape index (κ3) is 14.2. The second-order valence-corrected chi connectivity index (χ2v) is 30.8. The van der Waals surface area contributed by atoms with Crippen LogP contribution in [0.3, 0.4) is 0 Å². The molecule has 0 aromatic heterocycles. The van der Waals surface area contributed by atoms with E-state index in [0.717, 1.165) is 25.5 Å². The van der Waals surface area contributed by atoms with Gasteiger partial charge in [0.25, 0.3) is 0 Å². The molecule has 5 aliphatic heterocycles. The van der Waals surface area contributed by atoms with Crippen molar-refractivity contribution in [1.82, 2.24) is 0 Å². The fourth-order valence-electron chi connectivity index (χ4n) is 17.0. The van der Waals surface area contributed by atoms with Gasteiger partial charge in [-0.1, -0.05) is 59.6 Å². The fraction of sp³-hybridized carbons (Fsp3) is 0.929. The second kappa shape index (κ2) is 26.8. The molecule has 35 heteroatoms. The molecule has 5 heterocycles. The average molecular weight is 1370 g/mol. The summed E-state index contributed by atoms with van der Waals surface area (Å²) in [4.78, 5) is 27.5. The van der Waals surface area contributed by atoms with Gasteiger partial charge in [0.05, 0.1) is 43.4 Å². The van der Waals surface area contributed by atoms with E-state index in [0.29, 0.717) is 50.9 Å². The minimum Gasteiger partial charge on any atom is -0.462 e. The van der Waals surface area contributed by atoms with Gasteiger partial charge >= 0.3 is 43.1 Å². The van der Waals surface area contributed by atoms with Crippen molar-refractivity contribution in [1.29, 1.82) is 0 Å². The molecule has 9 rings (SSSR count). The molecular weight excluding hydrogens is 1280 g/mol. The molecule has 28 atom stereocenters. The van der Waals surface area contributed by atoms with Crippen molar-refractivity contribution in [2.24, 2.45) is 45.3 Å². The van der Waals surface area contributed by atoms with Crippen LogP contribution < -0.4 is 0 Å². The summed E-state index contributed by atoms with van der Waals surface area (Å²) in [5, 5.41) is 80.4. The number of carbonyl (C=O) groups excluding carboxylic acids is 2. The van der Waals surface area contributed by atoms with E-state index in [2.05, 4.69) is 42.1 Å². The molecule has 0 aromatic carbocycles. The molecule has 0 bridgehead atoms. The highest BCUT2D eigenvalue weighted by Gasteiger charge is 2.79. The summed E-state index contributed by atoms with van der Waals surface area (Å²) in [6, 6.07) is 0. The number of rotatable bonds is 22. The number of fused-ring (bicyclic) bond motifs is 4. The summed E-state index contributed by atoms with van der Waals surface area (Å²) >= 11 is 0. The molecular formula is C56H90O32S3. The minimum atomic E-state index is -5.25. The fourth-order valence-corrected chi connectivity index (χ4v) is 18.1. The Bertz CT molecular complexity index is 2990. The van der Waals surface area contributed by atoms with E-state index >= 15 is 0 Å². The van der Waals surface area contributed by atoms with Crippen LogP contribution in [0.1, 0.15) is 120 Å². The zero-order valence-corrected chi connectivity index (χ0v) is 54.6. The van der Waals surface area contributed by atoms with E-state index in [9.17, 15) is 79.7 Å². The molecule has 0 radical (unpaired) electrons. The van der Waals surface area contributed by atoms with E-state index in [1.54, 1.807) is 0 Å². The van der Waals surface area contributed by atoms with Gasteiger partial charge in [-0.15, -0.1) is 0 Å². The maximum absolute atomic E-state index is 14.7. The maximum Gasteiger partial charge on any atom is 0.397 e. The summed E-state index contributed by atoms with van der Waals surface area (Å²) in [6.45, 7) is 14.5. The molecule has 10 N–H and O–H groups in total. The van der Waals surface area contributed by atoms with Crippen molar-refractivity contribution in [3.05, 3.63) is 11.6 Å². The molecule has 8 fully saturated rings. The van der Waals surface area contributed by atoms with Crippen molar-refractivity contribution in [2.45, 2.75) is 255 Å². The number of allylic oxidation sites excluding steroid dienone is 2. The summed E-state index contributed by atoms with van der Waals surface area (Å²) in [6.07, 6.45) is -30.1. The quantitative estimate of drug-likeness (QED) is 0.0378. The van der Waals surface area contributed by atoms with Crippen molar-refractivity contribution in [3.8, 4) is 0 Å². The molecule has 9 aliphatic rings. The number of aliphatic hydroxyl groups excluding tert-OH is 7. The molecule has 4 aliphatic carbocycles. The Morgan fingerprint density at radius 2 is 1.25 bits per heavy atom. The van der Waals surface area contributed by atoms with Gasteiger partial charge in [-0.25, -0.2) is 12.5 Å². The number of carbonyl (C=O) groups is 2. The summed E-state index contributed by atoms with van der Waals surface area (Å²) in [5.74, 6) is -0.692. The van der Waals surface area contributed by atoms with Gasteiger partial charge in [0.15, 0.2) is 25.2 Å². The van der Waals surface area contributed by atoms with Gasteiger partial charge in [-0.3, -0.25) is 23.2 Å². The van der Waals surface area contributed by atoms with Crippen molar-refractivity contribution in [2.75, 3.05) is 26.9 Å². The first kappa shape index (κ1) is 72.9. The van der Waals surface area contributed by atoms with Gasteiger partial charge < -0.3 is 87.9 Å². The number of hydrogen-bond donors (Lipinski definition) is 10. The molecule has 524 valence electrons. The first-order valence-corrected chi connectivity index (χ1v) is 34.7. The van der Waals surface area contributed by atoms with Crippen LogP contribution in [0, 0.1) is 45.3 Å². The first-order valence-electron chi connectivity index (χ1n) is 30.6. The van der Waals surface area contributed by atoms with Crippen LogP contribution in [0.5, 0.6) is 0 Å². The van der Waals surface area contributed by atoms with E-state index in [-0.39, 0.29) is 29.1 Å². The largest absolute Gasteiger partial charge is 0.462 e. The Labute approximate surface area is 528 Å². The Morgan fingerprint density at radius 3 is 1.82 bits per heavy atom. The van der Waals surface area contributed by atoms with Crippen LogP contribution in [0.25, 0.3) is 0 Å². The average Bonchev–Trinajstić information content (AvgIpc) is 1.52. The van der Waals surface area contributed by atoms with Crippen molar-refractivity contribution in [3.63, 3.8) is 0 Å². The standard InChI is InChI=1S/C56H90O32S3/c1-24(2)12-11-17-55(9)46-29(80-26(4)57)20-54(8)28-13-14-33-52(5,6)34(16-18-53(33,7)27(28)15-19-56(46,54)51(65)87-55)83-50-45(37(60)32(21-76-50)88-91(72,73)74)86-47-39(62)38(61)42(25(3)79-47)84-49-41(64)44(36(59)31(82-49)23-78-90(69,70)71)85-48-40(63)43(75-10)35(58)30(81-48)22-77-89(66,67)68/h13,24-25,27,29-50,58-64H,11-12,14-23H2,1-10H3,(H,66,67,68)(H,69,70,71)(H,72,73,74)/t25-,27?,29+,30-,31-,32-,33?,34+,35-,36-,37+,38-,39-,40-,41-,42-,43+,44+,45-,46?,47+,48+,49+,50+,53-,54+,55?,56?/m1/s1. The zero-order valence-electron chi connectivity index (χ0n) is 52.2. The van der Waals surface area contributed by atoms with Crippen LogP contribution in [0.2, 0.25) is 0 Å². The number of ether oxygens (including phenoxy) is 11. The van der Waals surface area contributed by atoms with Gasteiger partial charge in [-0.2, -0.15) is 25.3 Å². The molecule has 91 heavy (non-hydrogen) atoms. The predicted molar refractivity (Wildman–Crippen MR) is 303 cm³/mol. The lowest BCUT2D eigenvalue weighted by Gasteiger charge is -2.64. The second-order valence-electron chi connectivity index (χ2n) is 27.6. The van der Waals surface area contributed by atoms with Gasteiger partial charge in [0, 0.05) is 19.4 Å². The third-order valence-corrected chi connectivity index (χ3v) is 22.6. The molecule has 5 unspecified atom stereocenters. The number of hydrogen-bond acceptors (Lipinski definition) is 29. The van der Waals surface area contributed by atoms with Gasteiger partial charge in [0.1, 0.15) is 97.2 Å². The van der Waals surface area contributed by atoms with Gasteiger partial charge in [-0.05, 0) is 93.8 Å². The van der Waals surface area contributed by atoms with E-state index in [1.165, 1.54) is 13.8 Å². The summed E-state index contributed by atoms with van der Waals surface area (Å²) in [5.41, 5.74) is -2.42.